The first kappa shape index (κ1) is 25.3. The number of carbonyl (C=O) groups excluding carboxylic acids is 3. The number of benzene rings is 1. The van der Waals surface area contributed by atoms with Gasteiger partial charge in [-0.3, -0.25) is 14.4 Å². The van der Waals surface area contributed by atoms with Gasteiger partial charge in [-0.1, -0.05) is 0 Å². The molecule has 1 unspecified atom stereocenters. The van der Waals surface area contributed by atoms with Gasteiger partial charge in [-0.05, 0) is 57.9 Å². The average molecular weight is 480 g/mol. The van der Waals surface area contributed by atoms with Crippen molar-refractivity contribution < 1.29 is 32.3 Å². The van der Waals surface area contributed by atoms with Crippen molar-refractivity contribution in [2.75, 3.05) is 18.4 Å². The summed E-state index contributed by atoms with van der Waals surface area (Å²) in [6, 6.07) is 5.73. The molecule has 1 N–H and O–H groups in total. The van der Waals surface area contributed by atoms with Crippen molar-refractivity contribution in [3.8, 4) is 0 Å². The molecule has 1 aliphatic rings. The number of rotatable bonds is 6. The van der Waals surface area contributed by atoms with Gasteiger partial charge in [-0.15, -0.1) is 0 Å². The van der Waals surface area contributed by atoms with Gasteiger partial charge >= 0.3 is 12.1 Å². The van der Waals surface area contributed by atoms with Crippen molar-refractivity contribution in [2.45, 2.75) is 51.9 Å². The first-order chi connectivity index (χ1) is 16.0. The number of nitrogens with one attached hydrogen (secondary N) is 1. The summed E-state index contributed by atoms with van der Waals surface area (Å²) in [5.41, 5.74) is -0.669. The Labute approximate surface area is 195 Å². The average Bonchev–Trinajstić information content (AvgIpc) is 3.26. The third-order valence-corrected chi connectivity index (χ3v) is 5.65. The van der Waals surface area contributed by atoms with E-state index in [2.05, 4.69) is 10.4 Å². The van der Waals surface area contributed by atoms with E-state index in [9.17, 15) is 27.6 Å². The van der Waals surface area contributed by atoms with Crippen LogP contribution in [0.3, 0.4) is 0 Å². The summed E-state index contributed by atoms with van der Waals surface area (Å²) in [7, 11) is 0. The fourth-order valence-corrected chi connectivity index (χ4v) is 3.68. The van der Waals surface area contributed by atoms with E-state index in [4.69, 9.17) is 4.74 Å². The van der Waals surface area contributed by atoms with Gasteiger partial charge in [0.25, 0.3) is 11.8 Å². The third-order valence-electron chi connectivity index (χ3n) is 5.65. The van der Waals surface area contributed by atoms with Crippen LogP contribution in [0, 0.1) is 5.92 Å². The molecule has 2 amide bonds. The van der Waals surface area contributed by atoms with Crippen LogP contribution in [0.2, 0.25) is 0 Å². The molecule has 34 heavy (non-hydrogen) atoms. The van der Waals surface area contributed by atoms with Crippen molar-refractivity contribution in [1.82, 2.24) is 14.7 Å². The quantitative estimate of drug-likeness (QED) is 0.633. The zero-order valence-corrected chi connectivity index (χ0v) is 19.1. The molecule has 2 aromatic rings. The normalized spacial score (nSPS) is 15.8. The smallest absolute Gasteiger partial charge is 0.416 e. The number of amides is 2. The number of nitrogens with zero attached hydrogens (tertiary/aromatic N) is 3. The van der Waals surface area contributed by atoms with E-state index in [-0.39, 0.29) is 24.7 Å². The second kappa shape index (κ2) is 10.3. The fraction of sp³-hybridized carbons (Fsp3) is 0.478. The Morgan fingerprint density at radius 3 is 2.24 bits per heavy atom. The van der Waals surface area contributed by atoms with E-state index in [1.807, 2.05) is 13.8 Å². The summed E-state index contributed by atoms with van der Waals surface area (Å²) in [4.78, 5) is 39.1. The van der Waals surface area contributed by atoms with E-state index in [1.165, 1.54) is 11.8 Å². The van der Waals surface area contributed by atoms with Crippen molar-refractivity contribution in [2.24, 2.45) is 5.92 Å². The van der Waals surface area contributed by atoms with Crippen LogP contribution in [0.25, 0.3) is 0 Å². The minimum Gasteiger partial charge on any atom is -0.452 e. The molecule has 0 aliphatic carbocycles. The maximum absolute atomic E-state index is 12.7. The molecule has 1 atom stereocenters. The number of hydrogen-bond donors (Lipinski definition) is 1. The summed E-state index contributed by atoms with van der Waals surface area (Å²) in [5, 5.41) is 6.83. The summed E-state index contributed by atoms with van der Waals surface area (Å²) < 4.78 is 45.1. The Kier molecular flexibility index (Phi) is 7.63. The largest absolute Gasteiger partial charge is 0.452 e. The lowest BCUT2D eigenvalue weighted by Crippen LogP contribution is -2.41. The number of piperidine rings is 1. The van der Waals surface area contributed by atoms with Crippen LogP contribution in [0.1, 0.15) is 55.6 Å². The standard InChI is InChI=1S/C23H27F3N4O4/c1-14(2)30-19(8-11-27-30)28-20(31)15(3)34-22(33)17-9-12-29(13-10-17)21(32)16-4-6-18(7-5-16)23(24,25)26/h4-8,11,14-15,17H,9-10,12-13H2,1-3H3,(H,28,31). The van der Waals surface area contributed by atoms with Crippen molar-refractivity contribution in [3.05, 3.63) is 47.7 Å². The minimum atomic E-state index is -4.47. The van der Waals surface area contributed by atoms with Gasteiger partial charge in [0.1, 0.15) is 5.82 Å². The van der Waals surface area contributed by atoms with Crippen LogP contribution < -0.4 is 5.32 Å². The fourth-order valence-electron chi connectivity index (χ4n) is 3.68. The third kappa shape index (κ3) is 5.95. The summed E-state index contributed by atoms with van der Waals surface area (Å²) in [6.45, 7) is 5.83. The number of carbonyl (C=O) groups is 3. The lowest BCUT2D eigenvalue weighted by molar-refractivity contribution is -0.158. The maximum Gasteiger partial charge on any atom is 0.416 e. The summed E-state index contributed by atoms with van der Waals surface area (Å²) >= 11 is 0. The molecule has 1 saturated heterocycles. The Hall–Kier alpha value is -3.37. The predicted octanol–water partition coefficient (Wildman–Crippen LogP) is 3.91. The van der Waals surface area contributed by atoms with E-state index in [1.54, 1.807) is 16.9 Å². The summed E-state index contributed by atoms with van der Waals surface area (Å²) in [6.07, 6.45) is -3.26. The SMILES string of the molecule is CC(OC(=O)C1CCN(C(=O)c2ccc(C(F)(F)F)cc2)CC1)C(=O)Nc1ccnn1C(C)C. The molecule has 3 rings (SSSR count). The predicted molar refractivity (Wildman–Crippen MR) is 117 cm³/mol. The lowest BCUT2D eigenvalue weighted by Gasteiger charge is -2.31. The molecular formula is C23H27F3N4O4. The van der Waals surface area contributed by atoms with E-state index in [0.717, 1.165) is 24.3 Å². The molecule has 1 fully saturated rings. The Bertz CT molecular complexity index is 1030. The first-order valence-electron chi connectivity index (χ1n) is 11.0. The number of ether oxygens (including phenoxy) is 1. The van der Waals surface area contributed by atoms with Gasteiger partial charge in [-0.25, -0.2) is 4.68 Å². The maximum atomic E-state index is 12.7. The van der Waals surface area contributed by atoms with Crippen molar-refractivity contribution >= 4 is 23.6 Å². The van der Waals surface area contributed by atoms with Crippen LogP contribution in [0.15, 0.2) is 36.5 Å². The summed E-state index contributed by atoms with van der Waals surface area (Å²) in [5.74, 6) is -1.38. The van der Waals surface area contributed by atoms with E-state index in [0.29, 0.717) is 18.7 Å². The topological polar surface area (TPSA) is 93.5 Å². The van der Waals surface area contributed by atoms with Gasteiger partial charge in [0.2, 0.25) is 0 Å². The zero-order chi connectivity index (χ0) is 25.0. The number of alkyl halides is 3. The zero-order valence-electron chi connectivity index (χ0n) is 19.1. The Morgan fingerprint density at radius 2 is 1.68 bits per heavy atom. The molecule has 11 heteroatoms. The highest BCUT2D eigenvalue weighted by atomic mass is 19.4. The molecular weight excluding hydrogens is 453 g/mol. The number of hydrogen-bond acceptors (Lipinski definition) is 5. The van der Waals surface area contributed by atoms with Gasteiger partial charge in [0.05, 0.1) is 17.7 Å². The van der Waals surface area contributed by atoms with Crippen LogP contribution in [0.5, 0.6) is 0 Å². The second-order valence-corrected chi connectivity index (χ2v) is 8.46. The highest BCUT2D eigenvalue weighted by Crippen LogP contribution is 2.29. The van der Waals surface area contributed by atoms with Gasteiger partial charge < -0.3 is 15.0 Å². The highest BCUT2D eigenvalue weighted by Gasteiger charge is 2.32. The molecule has 0 spiro atoms. The molecule has 184 valence electrons. The Morgan fingerprint density at radius 1 is 1.06 bits per heavy atom. The van der Waals surface area contributed by atoms with Gasteiger partial charge in [0, 0.05) is 30.8 Å². The molecule has 0 radical (unpaired) electrons. The van der Waals surface area contributed by atoms with Gasteiger partial charge in [-0.2, -0.15) is 18.3 Å². The molecule has 8 nitrogen and oxygen atoms in total. The number of anilines is 1. The molecule has 1 aromatic heterocycles. The Balaban J connectivity index is 1.49. The van der Waals surface area contributed by atoms with Crippen LogP contribution in [0.4, 0.5) is 19.0 Å². The monoisotopic (exact) mass is 480 g/mol. The van der Waals surface area contributed by atoms with E-state index < -0.39 is 41.5 Å². The minimum absolute atomic E-state index is 0.0404. The van der Waals surface area contributed by atoms with Crippen LogP contribution in [-0.4, -0.2) is 51.7 Å². The molecule has 0 saturated carbocycles. The number of halogens is 3. The lowest BCUT2D eigenvalue weighted by atomic mass is 9.96. The number of esters is 1. The van der Waals surface area contributed by atoms with Crippen LogP contribution >= 0.6 is 0 Å². The van der Waals surface area contributed by atoms with Crippen molar-refractivity contribution in [3.63, 3.8) is 0 Å². The molecule has 1 aliphatic heterocycles. The van der Waals surface area contributed by atoms with E-state index >= 15 is 0 Å². The molecule has 1 aromatic carbocycles. The van der Waals surface area contributed by atoms with Crippen LogP contribution in [-0.2, 0) is 20.5 Å². The molecule has 0 bridgehead atoms. The van der Waals surface area contributed by atoms with Gasteiger partial charge in [0.15, 0.2) is 6.10 Å². The highest BCUT2D eigenvalue weighted by molar-refractivity contribution is 5.95. The second-order valence-electron chi connectivity index (χ2n) is 8.46. The molecule has 2 heterocycles. The van der Waals surface area contributed by atoms with Crippen molar-refractivity contribution in [1.29, 1.82) is 0 Å². The number of aromatic nitrogens is 2. The number of likely N-dealkylation sites (tertiary alicyclic amines) is 1. The first-order valence-corrected chi connectivity index (χ1v) is 11.0.